The quantitative estimate of drug-likeness (QED) is 0.290. The second-order valence-electron chi connectivity index (χ2n) is 11.0. The molecule has 0 saturated carbocycles. The van der Waals surface area contributed by atoms with E-state index < -0.39 is 5.41 Å². The van der Waals surface area contributed by atoms with Gasteiger partial charge in [-0.05, 0) is 74.4 Å². The number of hydrogen-bond donors (Lipinski definition) is 1. The average molecular weight is 561 g/mol. The molecule has 6 heteroatoms. The molecule has 3 aromatic rings. The predicted molar refractivity (Wildman–Crippen MR) is 158 cm³/mol. The molecule has 2 heterocycles. The lowest BCUT2D eigenvalue weighted by molar-refractivity contribution is 0.0718. The molecule has 2 aliphatic rings. The van der Waals surface area contributed by atoms with Crippen molar-refractivity contribution in [3.63, 3.8) is 0 Å². The minimum Gasteiger partial charge on any atom is -0.316 e. The van der Waals surface area contributed by atoms with E-state index in [1.807, 2.05) is 66.7 Å². The predicted octanol–water partition coefficient (Wildman–Crippen LogP) is 7.48. The highest BCUT2D eigenvalue weighted by atomic mass is 35.5. The summed E-state index contributed by atoms with van der Waals surface area (Å²) >= 11 is 12.8. The number of halogens is 2. The Morgan fingerprint density at radius 3 is 2.31 bits per heavy atom. The molecular weight excluding hydrogens is 525 g/mol. The summed E-state index contributed by atoms with van der Waals surface area (Å²) in [5, 5.41) is 14.8. The zero-order chi connectivity index (χ0) is 27.2. The molecular formula is C33H35Cl2N3O. The van der Waals surface area contributed by atoms with Crippen LogP contribution in [0, 0.1) is 23.2 Å². The van der Waals surface area contributed by atoms with Crippen LogP contribution in [-0.2, 0) is 5.41 Å². The van der Waals surface area contributed by atoms with E-state index in [1.54, 1.807) is 0 Å². The van der Waals surface area contributed by atoms with Crippen LogP contribution in [0.2, 0.25) is 10.0 Å². The molecule has 0 spiro atoms. The third-order valence-corrected chi connectivity index (χ3v) is 9.48. The van der Waals surface area contributed by atoms with Crippen LogP contribution in [0.1, 0.15) is 59.6 Å². The normalized spacial score (nSPS) is 21.0. The Labute approximate surface area is 241 Å². The maximum Gasteiger partial charge on any atom is 0.166 e. The summed E-state index contributed by atoms with van der Waals surface area (Å²) in [5.74, 6) is 0.350. The third-order valence-electron chi connectivity index (χ3n) is 8.74. The monoisotopic (exact) mass is 559 g/mol. The van der Waals surface area contributed by atoms with Crippen LogP contribution >= 0.6 is 23.2 Å². The number of ketones is 1. The molecule has 0 amide bonds. The zero-order valence-corrected chi connectivity index (χ0v) is 23.7. The molecule has 39 heavy (non-hydrogen) atoms. The van der Waals surface area contributed by atoms with E-state index in [0.717, 1.165) is 68.6 Å². The Morgan fingerprint density at radius 2 is 1.69 bits per heavy atom. The first-order valence-electron chi connectivity index (χ1n) is 14.0. The number of carbonyl (C=O) groups excluding carboxylic acids is 1. The van der Waals surface area contributed by atoms with Gasteiger partial charge >= 0.3 is 0 Å². The fourth-order valence-electron chi connectivity index (χ4n) is 6.45. The van der Waals surface area contributed by atoms with E-state index in [2.05, 4.69) is 28.4 Å². The molecule has 2 aliphatic heterocycles. The summed E-state index contributed by atoms with van der Waals surface area (Å²) in [6.07, 6.45) is 4.30. The minimum atomic E-state index is -0.494. The molecule has 202 valence electrons. The molecule has 0 radical (unpaired) electrons. The topological polar surface area (TPSA) is 56.1 Å². The number of likely N-dealkylation sites (tertiary alicyclic amines) is 1. The summed E-state index contributed by atoms with van der Waals surface area (Å²) in [4.78, 5) is 16.5. The second kappa shape index (κ2) is 12.7. The Kier molecular flexibility index (Phi) is 9.05. The lowest BCUT2D eigenvalue weighted by Gasteiger charge is -2.43. The standard InChI is InChI=1S/C33H35Cl2N3O/c34-29-14-13-25(20-30(29)35)31(38-18-15-33(23-36,16-19-38)27-11-5-2-6-12-27)21-28(26-10-7-17-37-22-26)32(39)24-8-3-1-4-9-24/h1-6,8-9,11-14,20,26,28,31,37H,7,10,15-19,21-22H2. The van der Waals surface area contributed by atoms with E-state index in [-0.39, 0.29) is 23.7 Å². The number of rotatable bonds is 8. The van der Waals surface area contributed by atoms with Crippen molar-refractivity contribution >= 4 is 29.0 Å². The zero-order valence-electron chi connectivity index (χ0n) is 22.2. The van der Waals surface area contributed by atoms with Gasteiger partial charge in [-0.3, -0.25) is 9.69 Å². The Balaban J connectivity index is 1.46. The number of nitriles is 1. The van der Waals surface area contributed by atoms with Crippen molar-refractivity contribution in [1.29, 1.82) is 5.26 Å². The molecule has 3 aromatic carbocycles. The number of nitrogens with zero attached hydrogens (tertiary/aromatic N) is 2. The smallest absolute Gasteiger partial charge is 0.166 e. The molecule has 3 unspecified atom stereocenters. The summed E-state index contributed by atoms with van der Waals surface area (Å²) in [7, 11) is 0. The molecule has 0 bridgehead atoms. The maximum atomic E-state index is 14.0. The van der Waals surface area contributed by atoms with Crippen LogP contribution in [0.3, 0.4) is 0 Å². The lowest BCUT2D eigenvalue weighted by atomic mass is 9.72. The van der Waals surface area contributed by atoms with Gasteiger partial charge < -0.3 is 5.32 Å². The van der Waals surface area contributed by atoms with E-state index in [4.69, 9.17) is 23.2 Å². The van der Waals surface area contributed by atoms with Crippen molar-refractivity contribution < 1.29 is 4.79 Å². The van der Waals surface area contributed by atoms with Crippen molar-refractivity contribution in [3.05, 3.63) is 106 Å². The first-order valence-corrected chi connectivity index (χ1v) is 14.7. The number of hydrogen-bond acceptors (Lipinski definition) is 4. The molecule has 3 atom stereocenters. The number of piperidine rings is 2. The van der Waals surface area contributed by atoms with Gasteiger partial charge in [-0.2, -0.15) is 5.26 Å². The van der Waals surface area contributed by atoms with Crippen molar-refractivity contribution in [2.45, 2.75) is 43.6 Å². The van der Waals surface area contributed by atoms with E-state index in [0.29, 0.717) is 16.5 Å². The van der Waals surface area contributed by atoms with Crippen molar-refractivity contribution in [2.75, 3.05) is 26.2 Å². The van der Waals surface area contributed by atoms with Gasteiger partial charge in [0.25, 0.3) is 0 Å². The molecule has 2 fully saturated rings. The van der Waals surface area contributed by atoms with Crippen molar-refractivity contribution in [2.24, 2.45) is 11.8 Å². The molecule has 1 N–H and O–H groups in total. The summed E-state index contributed by atoms with van der Waals surface area (Å²) in [6, 6.07) is 28.4. The van der Waals surface area contributed by atoms with Crippen LogP contribution < -0.4 is 5.32 Å². The van der Waals surface area contributed by atoms with Gasteiger partial charge in [0.2, 0.25) is 0 Å². The van der Waals surface area contributed by atoms with Crippen molar-refractivity contribution in [1.82, 2.24) is 10.2 Å². The molecule has 0 aromatic heterocycles. The first-order chi connectivity index (χ1) is 19.0. The van der Waals surface area contributed by atoms with Crippen LogP contribution in [0.4, 0.5) is 0 Å². The second-order valence-corrected chi connectivity index (χ2v) is 11.8. The fourth-order valence-corrected chi connectivity index (χ4v) is 6.75. The van der Waals surface area contributed by atoms with Gasteiger partial charge in [0.15, 0.2) is 5.78 Å². The first kappa shape index (κ1) is 27.9. The molecule has 5 rings (SSSR count). The summed E-state index contributed by atoms with van der Waals surface area (Å²) in [6.45, 7) is 3.38. The number of Topliss-reactive ketones (excluding diaryl/α,β-unsaturated/α-hetero) is 1. The van der Waals surface area contributed by atoms with E-state index in [1.165, 1.54) is 0 Å². The van der Waals surface area contributed by atoms with Crippen LogP contribution in [0.25, 0.3) is 0 Å². The number of carbonyl (C=O) groups is 1. The van der Waals surface area contributed by atoms with Gasteiger partial charge in [0, 0.05) is 30.6 Å². The number of benzene rings is 3. The highest BCUT2D eigenvalue weighted by Gasteiger charge is 2.40. The third kappa shape index (κ3) is 6.23. The Morgan fingerprint density at radius 1 is 1.00 bits per heavy atom. The Hall–Kier alpha value is -2.68. The van der Waals surface area contributed by atoms with Gasteiger partial charge in [0.1, 0.15) is 0 Å². The van der Waals surface area contributed by atoms with E-state index in [9.17, 15) is 10.1 Å². The highest BCUT2D eigenvalue weighted by molar-refractivity contribution is 6.42. The number of nitrogens with one attached hydrogen (secondary N) is 1. The van der Waals surface area contributed by atoms with Crippen LogP contribution in [-0.4, -0.2) is 36.9 Å². The van der Waals surface area contributed by atoms with Gasteiger partial charge in [-0.1, -0.05) is 89.9 Å². The fraction of sp³-hybridized carbons (Fsp3) is 0.394. The molecule has 0 aliphatic carbocycles. The van der Waals surface area contributed by atoms with Crippen molar-refractivity contribution in [3.8, 4) is 6.07 Å². The van der Waals surface area contributed by atoms with Crippen LogP contribution in [0.15, 0.2) is 78.9 Å². The maximum absolute atomic E-state index is 14.0. The molecule has 2 saturated heterocycles. The summed E-state index contributed by atoms with van der Waals surface area (Å²) in [5.41, 5.74) is 2.44. The molecule has 4 nitrogen and oxygen atoms in total. The SMILES string of the molecule is N#CC1(c2ccccc2)CCN(C(CC(C(=O)c2ccccc2)C2CCCNC2)c2ccc(Cl)c(Cl)c2)CC1. The summed E-state index contributed by atoms with van der Waals surface area (Å²) < 4.78 is 0. The lowest BCUT2D eigenvalue weighted by Crippen LogP contribution is -2.45. The van der Waals surface area contributed by atoms with E-state index >= 15 is 0 Å². The Bertz CT molecular complexity index is 1290. The van der Waals surface area contributed by atoms with Gasteiger partial charge in [0.05, 0.1) is 21.5 Å². The minimum absolute atomic E-state index is 0.00757. The highest BCUT2D eigenvalue weighted by Crippen LogP contribution is 2.42. The average Bonchev–Trinajstić information content (AvgIpc) is 3.00. The van der Waals surface area contributed by atoms with Crippen LogP contribution in [0.5, 0.6) is 0 Å². The van der Waals surface area contributed by atoms with Gasteiger partial charge in [-0.25, -0.2) is 0 Å². The largest absolute Gasteiger partial charge is 0.316 e. The van der Waals surface area contributed by atoms with Gasteiger partial charge in [-0.15, -0.1) is 0 Å².